The van der Waals surface area contributed by atoms with Gasteiger partial charge in [0.15, 0.2) is 0 Å². The number of hydrogen-bond donors (Lipinski definition) is 1. The predicted octanol–water partition coefficient (Wildman–Crippen LogP) is 4.07. The molecule has 5 heteroatoms. The van der Waals surface area contributed by atoms with Crippen molar-refractivity contribution in [3.8, 4) is 0 Å². The maximum Gasteiger partial charge on any atom is 0.350 e. The summed E-state index contributed by atoms with van der Waals surface area (Å²) < 4.78 is 5.32. The van der Waals surface area contributed by atoms with Crippen molar-refractivity contribution < 1.29 is 9.53 Å². The average Bonchev–Trinajstić information content (AvgIpc) is 2.78. The van der Waals surface area contributed by atoms with E-state index in [2.05, 4.69) is 17.2 Å². The smallest absolute Gasteiger partial charge is 0.350 e. The summed E-state index contributed by atoms with van der Waals surface area (Å²) in [5.41, 5.74) is 0.859. The van der Waals surface area contributed by atoms with Crippen molar-refractivity contribution in [3.05, 3.63) is 23.2 Å². The van der Waals surface area contributed by atoms with Gasteiger partial charge in [0.2, 0.25) is 0 Å². The highest BCUT2D eigenvalue weighted by Gasteiger charge is 2.20. The number of nitrogens with zero attached hydrogens (tertiary/aromatic N) is 1. The molecule has 2 rings (SSSR count). The van der Waals surface area contributed by atoms with Crippen LogP contribution in [0.5, 0.6) is 0 Å². The van der Waals surface area contributed by atoms with E-state index in [-0.39, 0.29) is 12.1 Å². The summed E-state index contributed by atoms with van der Waals surface area (Å²) in [5.74, 6) is -0.276. The molecule has 2 aromatic rings. The number of anilines is 1. The Kier molecular flexibility index (Phi) is 4.95. The first-order valence-corrected chi connectivity index (χ1v) is 7.77. The van der Waals surface area contributed by atoms with Gasteiger partial charge in [-0.2, -0.15) is 0 Å². The molecule has 0 aromatic carbocycles. The molecule has 2 heterocycles. The minimum absolute atomic E-state index is 0.121. The number of rotatable bonds is 6. The molecule has 0 spiro atoms. The fraction of sp³-hybridized carbons (Fsp3) is 0.467. The molecule has 0 radical (unpaired) electrons. The van der Waals surface area contributed by atoms with Crippen LogP contribution in [-0.4, -0.2) is 23.6 Å². The number of pyridine rings is 1. The van der Waals surface area contributed by atoms with E-state index in [0.29, 0.717) is 4.88 Å². The van der Waals surface area contributed by atoms with Crippen molar-refractivity contribution in [2.75, 3.05) is 11.9 Å². The Morgan fingerprint density at radius 1 is 1.50 bits per heavy atom. The Labute approximate surface area is 123 Å². The molecule has 0 atom stereocenters. The van der Waals surface area contributed by atoms with Crippen LogP contribution < -0.4 is 5.32 Å². The van der Waals surface area contributed by atoms with Gasteiger partial charge in [0, 0.05) is 18.1 Å². The molecule has 0 fully saturated rings. The minimum Gasteiger partial charge on any atom is -0.459 e. The molecule has 4 nitrogen and oxygen atoms in total. The van der Waals surface area contributed by atoms with Gasteiger partial charge in [0.05, 0.1) is 11.8 Å². The largest absolute Gasteiger partial charge is 0.459 e. The van der Waals surface area contributed by atoms with E-state index in [1.165, 1.54) is 11.3 Å². The van der Waals surface area contributed by atoms with Crippen LogP contribution in [0.4, 0.5) is 5.69 Å². The average molecular weight is 292 g/mol. The summed E-state index contributed by atoms with van der Waals surface area (Å²) in [5, 5.41) is 4.35. The van der Waals surface area contributed by atoms with Crippen molar-refractivity contribution in [3.63, 3.8) is 0 Å². The second kappa shape index (κ2) is 6.70. The number of hydrogen-bond acceptors (Lipinski definition) is 5. The lowest BCUT2D eigenvalue weighted by Gasteiger charge is -2.10. The fourth-order valence-electron chi connectivity index (χ4n) is 1.91. The molecular formula is C15H20N2O2S. The third kappa shape index (κ3) is 3.28. The lowest BCUT2D eigenvalue weighted by molar-refractivity contribution is 0.0385. The molecule has 2 aromatic heterocycles. The van der Waals surface area contributed by atoms with Crippen LogP contribution in [0, 0.1) is 0 Å². The summed E-state index contributed by atoms with van der Waals surface area (Å²) in [4.78, 5) is 18.0. The van der Waals surface area contributed by atoms with Gasteiger partial charge in [-0.1, -0.05) is 13.3 Å². The van der Waals surface area contributed by atoms with E-state index in [0.717, 1.165) is 35.3 Å². The number of carbonyl (C=O) groups is 1. The van der Waals surface area contributed by atoms with Gasteiger partial charge in [0.1, 0.15) is 9.71 Å². The van der Waals surface area contributed by atoms with Crippen LogP contribution in [0.3, 0.4) is 0 Å². The van der Waals surface area contributed by atoms with Gasteiger partial charge in [-0.3, -0.25) is 0 Å². The highest BCUT2D eigenvalue weighted by Crippen LogP contribution is 2.35. The first kappa shape index (κ1) is 14.8. The molecule has 1 N–H and O–H groups in total. The number of nitrogens with one attached hydrogen (secondary N) is 1. The maximum absolute atomic E-state index is 12.2. The molecule has 0 saturated carbocycles. The number of unbranched alkanes of at least 4 members (excludes halogenated alkanes) is 1. The van der Waals surface area contributed by atoms with Crippen LogP contribution in [0.15, 0.2) is 18.3 Å². The standard InChI is InChI=1S/C15H20N2O2S/c1-4-5-8-16-12-11-7-6-9-17-14(11)20-13(12)15(18)19-10(2)3/h6-7,9-10,16H,4-5,8H2,1-3H3. The van der Waals surface area contributed by atoms with Crippen LogP contribution in [0.2, 0.25) is 0 Å². The van der Waals surface area contributed by atoms with Crippen molar-refractivity contribution in [1.29, 1.82) is 0 Å². The molecule has 0 aliphatic heterocycles. The van der Waals surface area contributed by atoms with Crippen molar-refractivity contribution in [1.82, 2.24) is 4.98 Å². The third-order valence-corrected chi connectivity index (χ3v) is 3.92. The van der Waals surface area contributed by atoms with Gasteiger partial charge < -0.3 is 10.1 Å². The van der Waals surface area contributed by atoms with E-state index in [4.69, 9.17) is 4.74 Å². The minimum atomic E-state index is -0.276. The first-order valence-electron chi connectivity index (χ1n) is 6.95. The summed E-state index contributed by atoms with van der Waals surface area (Å²) in [7, 11) is 0. The van der Waals surface area contributed by atoms with E-state index in [1.54, 1.807) is 6.20 Å². The molecular weight excluding hydrogens is 272 g/mol. The van der Waals surface area contributed by atoms with Crippen molar-refractivity contribution in [2.24, 2.45) is 0 Å². The summed E-state index contributed by atoms with van der Waals surface area (Å²) in [6.45, 7) is 6.70. The van der Waals surface area contributed by atoms with Gasteiger partial charge in [-0.25, -0.2) is 9.78 Å². The van der Waals surface area contributed by atoms with Gasteiger partial charge in [0.25, 0.3) is 0 Å². The second-order valence-corrected chi connectivity index (χ2v) is 5.90. The summed E-state index contributed by atoms with van der Waals surface area (Å²) in [6.07, 6.45) is 3.80. The number of aromatic nitrogens is 1. The number of ether oxygens (including phenoxy) is 1. The predicted molar refractivity (Wildman–Crippen MR) is 83.6 cm³/mol. The van der Waals surface area contributed by atoms with Crippen molar-refractivity contribution in [2.45, 2.75) is 39.7 Å². The fourth-order valence-corrected chi connectivity index (χ4v) is 2.91. The van der Waals surface area contributed by atoms with E-state index >= 15 is 0 Å². The Morgan fingerprint density at radius 2 is 2.30 bits per heavy atom. The second-order valence-electron chi connectivity index (χ2n) is 4.90. The monoisotopic (exact) mass is 292 g/mol. The highest BCUT2D eigenvalue weighted by molar-refractivity contribution is 7.21. The molecule has 0 bridgehead atoms. The number of fused-ring (bicyclic) bond motifs is 1. The van der Waals surface area contributed by atoms with E-state index in [9.17, 15) is 4.79 Å². The molecule has 0 amide bonds. The molecule has 0 aliphatic carbocycles. The van der Waals surface area contributed by atoms with Gasteiger partial charge in [-0.05, 0) is 32.4 Å². The zero-order chi connectivity index (χ0) is 14.5. The van der Waals surface area contributed by atoms with Gasteiger partial charge in [-0.15, -0.1) is 11.3 Å². The Balaban J connectivity index is 2.35. The molecule has 0 unspecified atom stereocenters. The van der Waals surface area contributed by atoms with Crippen LogP contribution in [-0.2, 0) is 4.74 Å². The Hall–Kier alpha value is -1.62. The zero-order valence-corrected chi connectivity index (χ0v) is 12.9. The topological polar surface area (TPSA) is 51.2 Å². The quantitative estimate of drug-likeness (QED) is 0.644. The molecule has 20 heavy (non-hydrogen) atoms. The lowest BCUT2D eigenvalue weighted by Crippen LogP contribution is -2.12. The van der Waals surface area contributed by atoms with Crippen LogP contribution >= 0.6 is 11.3 Å². The normalized spacial score (nSPS) is 11.0. The Bertz CT molecular complexity index is 593. The summed E-state index contributed by atoms with van der Waals surface area (Å²) in [6, 6.07) is 3.87. The number of thiophene rings is 1. The third-order valence-electron chi connectivity index (χ3n) is 2.83. The maximum atomic E-state index is 12.2. The molecule has 0 saturated heterocycles. The first-order chi connectivity index (χ1) is 9.63. The summed E-state index contributed by atoms with van der Waals surface area (Å²) >= 11 is 1.38. The van der Waals surface area contributed by atoms with Crippen LogP contribution in [0.25, 0.3) is 10.2 Å². The number of esters is 1. The SMILES string of the molecule is CCCCNc1c(C(=O)OC(C)C)sc2ncccc12. The van der Waals surface area contributed by atoms with E-state index in [1.807, 2.05) is 26.0 Å². The van der Waals surface area contributed by atoms with Crippen molar-refractivity contribution >= 4 is 33.2 Å². The van der Waals surface area contributed by atoms with Crippen LogP contribution in [0.1, 0.15) is 43.3 Å². The molecule has 0 aliphatic rings. The zero-order valence-electron chi connectivity index (χ0n) is 12.1. The highest BCUT2D eigenvalue weighted by atomic mass is 32.1. The number of carbonyl (C=O) groups excluding carboxylic acids is 1. The molecule has 108 valence electrons. The van der Waals surface area contributed by atoms with E-state index < -0.39 is 0 Å². The Morgan fingerprint density at radius 3 is 3.00 bits per heavy atom. The van der Waals surface area contributed by atoms with Gasteiger partial charge >= 0.3 is 5.97 Å². The lowest BCUT2D eigenvalue weighted by atomic mass is 10.2.